The second-order valence-electron chi connectivity index (χ2n) is 1.17. The van der Waals surface area contributed by atoms with E-state index in [1.807, 2.05) is 0 Å². The number of amides is 1. The van der Waals surface area contributed by atoms with Crippen molar-refractivity contribution in [2.45, 2.75) is 20.2 Å². The van der Waals surface area contributed by atoms with E-state index in [1.165, 1.54) is 6.21 Å². The highest BCUT2D eigenvalue weighted by Gasteiger charge is 1.88. The van der Waals surface area contributed by atoms with Gasteiger partial charge < -0.3 is 0 Å². The van der Waals surface area contributed by atoms with Gasteiger partial charge in [-0.15, -0.1) is 0 Å². The molecule has 0 aromatic rings. The predicted molar refractivity (Wildman–Crippen MR) is 32.6 cm³/mol. The molecule has 0 bridgehead atoms. The first-order valence-corrected chi connectivity index (χ1v) is 2.37. The van der Waals surface area contributed by atoms with Crippen molar-refractivity contribution in [1.29, 1.82) is 0 Å². The van der Waals surface area contributed by atoms with Gasteiger partial charge >= 0.3 is 0 Å². The van der Waals surface area contributed by atoms with E-state index in [-0.39, 0.29) is 19.2 Å². The lowest BCUT2D eigenvalue weighted by Gasteiger charge is -1.90. The van der Waals surface area contributed by atoms with Gasteiger partial charge in [0.2, 0.25) is 5.91 Å². The quantitative estimate of drug-likeness (QED) is 0.414. The molecule has 0 heterocycles. The number of hydrogen-bond donors (Lipinski definition) is 1. The fourth-order valence-electron chi connectivity index (χ4n) is 0.192. The topological polar surface area (TPSA) is 41.5 Å². The summed E-state index contributed by atoms with van der Waals surface area (Å²) in [7, 11) is 0. The van der Waals surface area contributed by atoms with Crippen molar-refractivity contribution < 1.29 is 6.17 Å². The van der Waals surface area contributed by atoms with Gasteiger partial charge in [0.1, 0.15) is 0 Å². The van der Waals surface area contributed by atoms with Gasteiger partial charge in [0.15, 0.2) is 0 Å². The summed E-state index contributed by atoms with van der Waals surface area (Å²) in [6.07, 6.45) is 1.71. The van der Waals surface area contributed by atoms with Gasteiger partial charge in [-0.3, -0.25) is 4.79 Å². The molecule has 0 aliphatic carbocycles. The lowest BCUT2D eigenvalue weighted by Crippen LogP contribution is -2.14. The molecule has 3 nitrogen and oxygen atoms in total. The standard InChI is InChI=1S/C5H10N2O/c1-3-5(8)7-6-4-2/h4H,3H2,1-2H3,(H,7,8)/b6-4+/i1T. The van der Waals surface area contributed by atoms with E-state index >= 15 is 0 Å². The highest BCUT2D eigenvalue weighted by Crippen LogP contribution is 1.71. The first kappa shape index (κ1) is 5.28. The smallest absolute Gasteiger partial charge is 0.239 e. The monoisotopic (exact) mass is 116 g/mol. The maximum Gasteiger partial charge on any atom is 0.239 e. The maximum atomic E-state index is 10.5. The molecule has 3 heteroatoms. The van der Waals surface area contributed by atoms with Gasteiger partial charge in [-0.25, -0.2) is 5.43 Å². The van der Waals surface area contributed by atoms with Crippen molar-refractivity contribution in [3.8, 4) is 0 Å². The van der Waals surface area contributed by atoms with Crippen LogP contribution in [0.25, 0.3) is 0 Å². The summed E-state index contributed by atoms with van der Waals surface area (Å²) in [5.74, 6) is -0.205. The number of rotatable bonds is 2. The summed E-state index contributed by atoms with van der Waals surface area (Å²) in [4.78, 5) is 10.5. The molecule has 1 N–H and O–H groups in total. The average Bonchev–Trinajstić information content (AvgIpc) is 1.85. The Bertz CT molecular complexity index is 114. The largest absolute Gasteiger partial charge is 0.273 e. The summed E-state index contributed by atoms with van der Waals surface area (Å²) in [6.45, 7) is 1.83. The molecule has 0 rings (SSSR count). The van der Waals surface area contributed by atoms with E-state index in [4.69, 9.17) is 1.37 Å². The summed E-state index contributed by atoms with van der Waals surface area (Å²) >= 11 is 0. The average molecular weight is 116 g/mol. The lowest BCUT2D eigenvalue weighted by molar-refractivity contribution is -0.120. The molecule has 0 fully saturated rings. The van der Waals surface area contributed by atoms with Crippen LogP contribution in [0.4, 0.5) is 0 Å². The van der Waals surface area contributed by atoms with Crippen LogP contribution in [0.15, 0.2) is 5.10 Å². The number of hydrazone groups is 1. The molecular weight excluding hydrogens is 104 g/mol. The Morgan fingerprint density at radius 2 is 2.88 bits per heavy atom. The lowest BCUT2D eigenvalue weighted by atomic mass is 10.5. The third-order valence-electron chi connectivity index (χ3n) is 0.545. The van der Waals surface area contributed by atoms with E-state index in [0.29, 0.717) is 0 Å². The van der Waals surface area contributed by atoms with Crippen molar-refractivity contribution >= 4 is 12.1 Å². The fraction of sp³-hybridized carbons (Fsp3) is 0.600. The highest BCUT2D eigenvalue weighted by molar-refractivity contribution is 5.76. The molecular formula is C5H10N2O. The van der Waals surface area contributed by atoms with Crippen molar-refractivity contribution in [2.75, 3.05) is 0 Å². The molecule has 46 valence electrons. The van der Waals surface area contributed by atoms with E-state index in [0.717, 1.165) is 0 Å². The predicted octanol–water partition coefficient (Wildman–Crippen LogP) is 0.518. The fourth-order valence-corrected chi connectivity index (χ4v) is 0.192. The van der Waals surface area contributed by atoms with E-state index in [2.05, 4.69) is 10.5 Å². The van der Waals surface area contributed by atoms with Gasteiger partial charge in [-0.1, -0.05) is 6.90 Å². The second-order valence-corrected chi connectivity index (χ2v) is 1.17. The summed E-state index contributed by atoms with van der Waals surface area (Å²) < 4.78 is 6.66. The van der Waals surface area contributed by atoms with Gasteiger partial charge in [-0.2, -0.15) is 5.10 Å². The Kier molecular flexibility index (Phi) is 2.84. The SMILES string of the molecule is [3H]CCC(=O)N/N=C/C. The van der Waals surface area contributed by atoms with Gasteiger partial charge in [0.05, 0.1) is 0 Å². The zero-order valence-electron chi connectivity index (χ0n) is 5.85. The maximum absolute atomic E-state index is 10.5. The molecule has 0 saturated carbocycles. The van der Waals surface area contributed by atoms with Crippen LogP contribution >= 0.6 is 0 Å². The van der Waals surface area contributed by atoms with Crippen LogP contribution in [0.5, 0.6) is 0 Å². The molecule has 0 aromatic heterocycles. The van der Waals surface area contributed by atoms with Gasteiger partial charge in [0.25, 0.3) is 0 Å². The normalized spacial score (nSPS) is 11.4. The van der Waals surface area contributed by atoms with Crippen LogP contribution in [0.3, 0.4) is 0 Å². The molecule has 0 radical (unpaired) electrons. The first-order chi connectivity index (χ1) is 4.31. The minimum atomic E-state index is -0.205. The molecule has 8 heavy (non-hydrogen) atoms. The number of nitrogens with one attached hydrogen (secondary N) is 1. The van der Waals surface area contributed by atoms with Crippen LogP contribution < -0.4 is 5.43 Å². The van der Waals surface area contributed by atoms with Crippen LogP contribution in [0.1, 0.15) is 21.6 Å². The molecule has 0 aromatic carbocycles. The van der Waals surface area contributed by atoms with Crippen molar-refractivity contribution in [2.24, 2.45) is 5.10 Å². The Hall–Kier alpha value is -0.860. The second kappa shape index (κ2) is 4.30. The van der Waals surface area contributed by atoms with Crippen molar-refractivity contribution in [3.05, 3.63) is 0 Å². The van der Waals surface area contributed by atoms with Gasteiger partial charge in [0, 0.05) is 14.0 Å². The summed E-state index contributed by atoms with van der Waals surface area (Å²) in [5.41, 5.74) is 2.24. The molecule has 0 atom stereocenters. The number of hydrogen-bond acceptors (Lipinski definition) is 2. The molecule has 1 amide bonds. The third kappa shape index (κ3) is 3.33. The van der Waals surface area contributed by atoms with Crippen LogP contribution in [-0.2, 0) is 4.79 Å². The minimum absolute atomic E-state index is 0.116. The van der Waals surface area contributed by atoms with Crippen molar-refractivity contribution in [1.82, 2.24) is 5.43 Å². The van der Waals surface area contributed by atoms with E-state index in [1.54, 1.807) is 6.92 Å². The van der Waals surface area contributed by atoms with Crippen LogP contribution in [-0.4, -0.2) is 12.1 Å². The van der Waals surface area contributed by atoms with Crippen molar-refractivity contribution in [3.63, 3.8) is 0 Å². The summed E-state index contributed by atoms with van der Waals surface area (Å²) in [5, 5.41) is 3.48. The Morgan fingerprint density at radius 1 is 2.12 bits per heavy atom. The van der Waals surface area contributed by atoms with Crippen LogP contribution in [0.2, 0.25) is 0 Å². The summed E-state index contributed by atoms with van der Waals surface area (Å²) in [6, 6.07) is 0. The molecule has 0 unspecified atom stereocenters. The number of nitrogens with zero attached hydrogens (tertiary/aromatic N) is 1. The Labute approximate surface area is 50.2 Å². The molecule has 0 aliphatic rings. The number of carbonyl (C=O) groups excluding carboxylic acids is 1. The molecule has 0 saturated heterocycles. The Morgan fingerprint density at radius 3 is 3.38 bits per heavy atom. The third-order valence-corrected chi connectivity index (χ3v) is 0.545. The Balaban J connectivity index is 3.27. The zero-order valence-corrected chi connectivity index (χ0v) is 4.85. The highest BCUT2D eigenvalue weighted by atomic mass is 16.2. The molecule has 0 spiro atoms. The van der Waals surface area contributed by atoms with Crippen LogP contribution in [0, 0.1) is 0 Å². The molecule has 0 aliphatic heterocycles. The zero-order chi connectivity index (χ0) is 7.11. The van der Waals surface area contributed by atoms with E-state index < -0.39 is 0 Å². The minimum Gasteiger partial charge on any atom is -0.273 e. The van der Waals surface area contributed by atoms with Gasteiger partial charge in [-0.05, 0) is 6.92 Å². The van der Waals surface area contributed by atoms with E-state index in [9.17, 15) is 4.79 Å². The first-order valence-electron chi connectivity index (χ1n) is 3.07. The number of carbonyl (C=O) groups is 1.